The molecule has 1 aliphatic carbocycles. The highest BCUT2D eigenvalue weighted by atomic mass is 16.5. The molecule has 2 aromatic rings. The molecule has 0 unspecified atom stereocenters. The number of anilines is 1. The molecular formula is C17H21N3O4. The topological polar surface area (TPSA) is 85.5 Å². The van der Waals surface area contributed by atoms with E-state index < -0.39 is 0 Å². The van der Waals surface area contributed by atoms with Gasteiger partial charge in [0.15, 0.2) is 17.3 Å². The molecule has 1 fully saturated rings. The summed E-state index contributed by atoms with van der Waals surface area (Å²) in [7, 11) is 4.64. The smallest absolute Gasteiger partial charge is 0.229 e. The van der Waals surface area contributed by atoms with Crippen molar-refractivity contribution in [3.05, 3.63) is 29.5 Å². The van der Waals surface area contributed by atoms with E-state index in [-0.39, 0.29) is 12.3 Å². The van der Waals surface area contributed by atoms with Crippen LogP contribution in [-0.2, 0) is 11.2 Å². The van der Waals surface area contributed by atoms with Crippen LogP contribution in [0.2, 0.25) is 0 Å². The van der Waals surface area contributed by atoms with E-state index in [2.05, 4.69) is 15.5 Å². The van der Waals surface area contributed by atoms with Crippen LogP contribution >= 0.6 is 0 Å². The Hall–Kier alpha value is -2.70. The maximum atomic E-state index is 12.3. The van der Waals surface area contributed by atoms with Gasteiger partial charge in [0.05, 0.1) is 27.8 Å². The Morgan fingerprint density at radius 2 is 1.83 bits per heavy atom. The number of rotatable bonds is 7. The molecule has 1 amide bonds. The molecule has 0 aliphatic heterocycles. The van der Waals surface area contributed by atoms with Crippen LogP contribution < -0.4 is 19.5 Å². The van der Waals surface area contributed by atoms with E-state index in [1.165, 1.54) is 12.8 Å². The summed E-state index contributed by atoms with van der Waals surface area (Å²) in [6, 6.07) is 5.42. The van der Waals surface area contributed by atoms with Crippen molar-refractivity contribution in [2.75, 3.05) is 26.6 Å². The molecular weight excluding hydrogens is 310 g/mol. The first-order chi connectivity index (χ1) is 11.6. The average Bonchev–Trinajstić information content (AvgIpc) is 3.33. The average molecular weight is 331 g/mol. The van der Waals surface area contributed by atoms with Gasteiger partial charge in [0.25, 0.3) is 0 Å². The lowest BCUT2D eigenvalue weighted by Gasteiger charge is -2.13. The minimum atomic E-state index is -0.155. The minimum absolute atomic E-state index is 0.155. The Balaban J connectivity index is 1.70. The number of carbonyl (C=O) groups excluding carboxylic acids is 1. The molecule has 24 heavy (non-hydrogen) atoms. The zero-order valence-electron chi connectivity index (χ0n) is 14.0. The fraction of sp³-hybridized carbons (Fsp3) is 0.412. The molecule has 1 aliphatic rings. The van der Waals surface area contributed by atoms with Gasteiger partial charge in [0, 0.05) is 17.7 Å². The highest BCUT2D eigenvalue weighted by molar-refractivity contribution is 5.91. The molecule has 0 atom stereocenters. The van der Waals surface area contributed by atoms with Crippen LogP contribution in [0.15, 0.2) is 18.2 Å². The van der Waals surface area contributed by atoms with E-state index in [0.29, 0.717) is 29.0 Å². The van der Waals surface area contributed by atoms with Gasteiger partial charge in [0.1, 0.15) is 0 Å². The maximum Gasteiger partial charge on any atom is 0.229 e. The molecule has 0 saturated heterocycles. The maximum absolute atomic E-state index is 12.3. The Morgan fingerprint density at radius 3 is 2.38 bits per heavy atom. The van der Waals surface area contributed by atoms with Gasteiger partial charge in [-0.05, 0) is 30.5 Å². The Labute approximate surface area is 140 Å². The number of nitrogens with zero attached hydrogens (tertiary/aromatic N) is 1. The van der Waals surface area contributed by atoms with Gasteiger partial charge in [-0.25, -0.2) is 0 Å². The third kappa shape index (κ3) is 3.45. The number of hydrogen-bond acceptors (Lipinski definition) is 5. The van der Waals surface area contributed by atoms with Gasteiger partial charge in [-0.2, -0.15) is 5.10 Å². The van der Waals surface area contributed by atoms with Gasteiger partial charge >= 0.3 is 0 Å². The van der Waals surface area contributed by atoms with Gasteiger partial charge < -0.3 is 19.5 Å². The van der Waals surface area contributed by atoms with Crippen LogP contribution in [0.25, 0.3) is 0 Å². The first kappa shape index (κ1) is 16.2. The number of carbonyl (C=O) groups is 1. The van der Waals surface area contributed by atoms with Crippen LogP contribution in [0.5, 0.6) is 17.2 Å². The van der Waals surface area contributed by atoms with Crippen LogP contribution in [0, 0.1) is 0 Å². The molecule has 128 valence electrons. The second-order valence-corrected chi connectivity index (χ2v) is 5.74. The van der Waals surface area contributed by atoms with Gasteiger partial charge in [-0.15, -0.1) is 0 Å². The van der Waals surface area contributed by atoms with Crippen molar-refractivity contribution in [3.8, 4) is 17.2 Å². The summed E-state index contributed by atoms with van der Waals surface area (Å²) in [5.41, 5.74) is 1.85. The highest BCUT2D eigenvalue weighted by Crippen LogP contribution is 2.40. The first-order valence-electron chi connectivity index (χ1n) is 7.78. The molecule has 1 aromatic heterocycles. The Kier molecular flexibility index (Phi) is 4.59. The molecule has 1 saturated carbocycles. The lowest BCUT2D eigenvalue weighted by Crippen LogP contribution is -2.15. The zero-order chi connectivity index (χ0) is 17.1. The Morgan fingerprint density at radius 1 is 1.17 bits per heavy atom. The summed E-state index contributed by atoms with van der Waals surface area (Å²) < 4.78 is 15.9. The Bertz CT molecular complexity index is 712. The molecule has 0 radical (unpaired) electrons. The molecule has 1 aromatic carbocycles. The highest BCUT2D eigenvalue weighted by Gasteiger charge is 2.25. The van der Waals surface area contributed by atoms with Crippen molar-refractivity contribution < 1.29 is 19.0 Å². The lowest BCUT2D eigenvalue weighted by atomic mass is 10.1. The molecule has 0 bridgehead atoms. The van der Waals surface area contributed by atoms with Crippen LogP contribution in [-0.4, -0.2) is 37.4 Å². The van der Waals surface area contributed by atoms with Gasteiger partial charge in [0.2, 0.25) is 11.7 Å². The predicted molar refractivity (Wildman–Crippen MR) is 89.0 cm³/mol. The molecule has 7 heteroatoms. The fourth-order valence-electron chi connectivity index (χ4n) is 2.61. The number of ether oxygens (including phenoxy) is 3. The minimum Gasteiger partial charge on any atom is -0.493 e. The number of benzene rings is 1. The van der Waals surface area contributed by atoms with E-state index in [9.17, 15) is 4.79 Å². The summed E-state index contributed by atoms with van der Waals surface area (Å²) in [5, 5.41) is 9.90. The molecule has 2 N–H and O–H groups in total. The van der Waals surface area contributed by atoms with Crippen LogP contribution in [0.4, 0.5) is 5.82 Å². The number of methoxy groups -OCH3 is 3. The summed E-state index contributed by atoms with van der Waals surface area (Å²) in [5.74, 6) is 2.52. The summed E-state index contributed by atoms with van der Waals surface area (Å²) in [4.78, 5) is 12.3. The number of nitrogens with one attached hydrogen (secondary N) is 2. The van der Waals surface area contributed by atoms with Crippen LogP contribution in [0.1, 0.15) is 30.0 Å². The molecule has 0 spiro atoms. The number of amides is 1. The quantitative estimate of drug-likeness (QED) is 0.814. The van der Waals surface area contributed by atoms with Crippen molar-refractivity contribution in [2.45, 2.75) is 25.2 Å². The predicted octanol–water partition coefficient (Wildman–Crippen LogP) is 2.49. The number of hydrogen-bond donors (Lipinski definition) is 2. The standard InChI is InChI=1S/C17H21N3O4/c1-22-13-6-10(7-14(23-2)17(13)24-3)8-16(21)18-15-9-12(19-20-15)11-4-5-11/h6-7,9,11H,4-5,8H2,1-3H3,(H2,18,19,20,21). The monoisotopic (exact) mass is 331 g/mol. The molecule has 3 rings (SSSR count). The van der Waals surface area contributed by atoms with E-state index >= 15 is 0 Å². The number of aromatic amines is 1. The first-order valence-corrected chi connectivity index (χ1v) is 7.78. The number of H-pyrrole nitrogens is 1. The molecule has 7 nitrogen and oxygen atoms in total. The SMILES string of the molecule is COc1cc(CC(=O)Nc2cc(C3CC3)[nH]n2)cc(OC)c1OC. The third-order valence-electron chi connectivity index (χ3n) is 3.97. The lowest BCUT2D eigenvalue weighted by molar-refractivity contribution is -0.115. The largest absolute Gasteiger partial charge is 0.493 e. The zero-order valence-corrected chi connectivity index (χ0v) is 14.0. The van der Waals surface area contributed by atoms with E-state index in [1.54, 1.807) is 33.5 Å². The van der Waals surface area contributed by atoms with Crippen molar-refractivity contribution in [3.63, 3.8) is 0 Å². The molecule has 1 heterocycles. The van der Waals surface area contributed by atoms with E-state index in [0.717, 1.165) is 11.3 Å². The van der Waals surface area contributed by atoms with E-state index in [4.69, 9.17) is 14.2 Å². The fourth-order valence-corrected chi connectivity index (χ4v) is 2.61. The summed E-state index contributed by atoms with van der Waals surface area (Å²) in [6.45, 7) is 0. The second-order valence-electron chi connectivity index (χ2n) is 5.74. The summed E-state index contributed by atoms with van der Waals surface area (Å²) in [6.07, 6.45) is 2.55. The van der Waals surface area contributed by atoms with E-state index in [1.807, 2.05) is 6.07 Å². The van der Waals surface area contributed by atoms with Gasteiger partial charge in [-0.1, -0.05) is 0 Å². The third-order valence-corrected chi connectivity index (χ3v) is 3.97. The second kappa shape index (κ2) is 6.82. The van der Waals surface area contributed by atoms with Gasteiger partial charge in [-0.3, -0.25) is 9.89 Å². The van der Waals surface area contributed by atoms with Crippen molar-refractivity contribution in [2.24, 2.45) is 0 Å². The van der Waals surface area contributed by atoms with Crippen molar-refractivity contribution >= 4 is 11.7 Å². The number of aromatic nitrogens is 2. The normalized spacial score (nSPS) is 13.5. The van der Waals surface area contributed by atoms with Crippen LogP contribution in [0.3, 0.4) is 0 Å². The van der Waals surface area contributed by atoms with Crippen molar-refractivity contribution in [1.82, 2.24) is 10.2 Å². The summed E-state index contributed by atoms with van der Waals surface area (Å²) >= 11 is 0. The van der Waals surface area contributed by atoms with Crippen molar-refractivity contribution in [1.29, 1.82) is 0 Å².